The molecule has 1 rings (SSSR count). The predicted molar refractivity (Wildman–Crippen MR) is 73.9 cm³/mol. The first-order valence-electron chi connectivity index (χ1n) is 6.46. The molecule has 1 heterocycles. The van der Waals surface area contributed by atoms with Crippen LogP contribution in [0.5, 0.6) is 5.88 Å². The van der Waals surface area contributed by atoms with Gasteiger partial charge in [-0.25, -0.2) is 9.97 Å². The number of hydrogen-bond acceptors (Lipinski definition) is 7. The van der Waals surface area contributed by atoms with Gasteiger partial charge in [-0.15, -0.1) is 0 Å². The number of carbonyl (C=O) groups is 1. The molecule has 7 nitrogen and oxygen atoms in total. The molecule has 0 unspecified atom stereocenters. The van der Waals surface area contributed by atoms with Gasteiger partial charge < -0.3 is 19.1 Å². The highest BCUT2D eigenvalue weighted by Crippen LogP contribution is 2.16. The topological polar surface area (TPSA) is 73.8 Å². The Morgan fingerprint density at radius 1 is 1.30 bits per heavy atom. The monoisotopic (exact) mass is 283 g/mol. The van der Waals surface area contributed by atoms with E-state index in [0.717, 1.165) is 0 Å². The summed E-state index contributed by atoms with van der Waals surface area (Å²) in [5.41, 5.74) is 0. The molecule has 0 aliphatic carbocycles. The van der Waals surface area contributed by atoms with Crippen LogP contribution in [0.4, 0.5) is 5.82 Å². The Balaban J connectivity index is 2.74. The minimum absolute atomic E-state index is 0.258. The summed E-state index contributed by atoms with van der Waals surface area (Å²) in [6.07, 6.45) is 1.73. The molecule has 7 heteroatoms. The van der Waals surface area contributed by atoms with Gasteiger partial charge in [-0.3, -0.25) is 4.79 Å². The van der Waals surface area contributed by atoms with E-state index in [-0.39, 0.29) is 12.4 Å². The minimum atomic E-state index is -0.258. The molecule has 0 saturated heterocycles. The molecule has 0 fully saturated rings. The maximum Gasteiger partial charge on any atom is 0.307 e. The third-order valence-electron chi connectivity index (χ3n) is 2.62. The molecular weight excluding hydrogens is 262 g/mol. The molecule has 0 amide bonds. The summed E-state index contributed by atoms with van der Waals surface area (Å²) in [5.74, 6) is 0.953. The largest absolute Gasteiger partial charge is 0.478 e. The van der Waals surface area contributed by atoms with Crippen molar-refractivity contribution in [3.63, 3.8) is 0 Å². The van der Waals surface area contributed by atoms with Gasteiger partial charge in [0, 0.05) is 26.3 Å². The van der Waals surface area contributed by atoms with Crippen LogP contribution in [0.3, 0.4) is 0 Å². The number of carbonyl (C=O) groups excluding carboxylic acids is 1. The zero-order valence-electron chi connectivity index (χ0n) is 12.2. The molecule has 0 spiro atoms. The third-order valence-corrected chi connectivity index (χ3v) is 2.62. The van der Waals surface area contributed by atoms with Gasteiger partial charge in [0.05, 0.1) is 26.7 Å². The lowest BCUT2D eigenvalue weighted by Gasteiger charge is -2.23. The van der Waals surface area contributed by atoms with E-state index in [1.807, 2.05) is 11.8 Å². The molecule has 0 bridgehead atoms. The normalized spacial score (nSPS) is 10.2. The maximum absolute atomic E-state index is 11.3. The molecular formula is C13H21N3O4. The van der Waals surface area contributed by atoms with Crippen molar-refractivity contribution in [1.29, 1.82) is 0 Å². The molecule has 0 saturated carbocycles. The molecule has 0 aromatic carbocycles. The Morgan fingerprint density at radius 3 is 2.75 bits per heavy atom. The van der Waals surface area contributed by atoms with E-state index in [0.29, 0.717) is 38.0 Å². The van der Waals surface area contributed by atoms with E-state index in [1.165, 1.54) is 13.4 Å². The minimum Gasteiger partial charge on any atom is -0.478 e. The highest BCUT2D eigenvalue weighted by Gasteiger charge is 2.12. The highest BCUT2D eigenvalue weighted by molar-refractivity contribution is 5.69. The van der Waals surface area contributed by atoms with Crippen LogP contribution in [0, 0.1) is 0 Å². The Kier molecular flexibility index (Phi) is 7.34. The number of rotatable bonds is 9. The molecule has 0 aliphatic heterocycles. The van der Waals surface area contributed by atoms with Crippen LogP contribution in [0.15, 0.2) is 12.4 Å². The SMILES string of the molecule is CCOc1cc(N(CCOC)CCC(=O)OC)ncn1. The Bertz CT molecular complexity index is 414. The van der Waals surface area contributed by atoms with E-state index >= 15 is 0 Å². The van der Waals surface area contributed by atoms with E-state index in [4.69, 9.17) is 9.47 Å². The van der Waals surface area contributed by atoms with E-state index in [2.05, 4.69) is 14.7 Å². The van der Waals surface area contributed by atoms with Crippen LogP contribution in [0.2, 0.25) is 0 Å². The van der Waals surface area contributed by atoms with Gasteiger partial charge in [0.25, 0.3) is 0 Å². The Morgan fingerprint density at radius 2 is 2.10 bits per heavy atom. The van der Waals surface area contributed by atoms with Crippen molar-refractivity contribution in [2.24, 2.45) is 0 Å². The first-order chi connectivity index (χ1) is 9.71. The molecule has 0 radical (unpaired) electrons. The van der Waals surface area contributed by atoms with Crippen LogP contribution >= 0.6 is 0 Å². The van der Waals surface area contributed by atoms with Crippen molar-refractivity contribution >= 4 is 11.8 Å². The first-order valence-corrected chi connectivity index (χ1v) is 6.46. The van der Waals surface area contributed by atoms with Crippen molar-refractivity contribution in [2.45, 2.75) is 13.3 Å². The summed E-state index contributed by atoms with van der Waals surface area (Å²) in [6.45, 7) is 4.09. The second-order valence-corrected chi connectivity index (χ2v) is 3.95. The number of anilines is 1. The number of esters is 1. The van der Waals surface area contributed by atoms with Crippen molar-refractivity contribution < 1.29 is 19.0 Å². The summed E-state index contributed by atoms with van der Waals surface area (Å²) in [6, 6.07) is 1.75. The highest BCUT2D eigenvalue weighted by atomic mass is 16.5. The van der Waals surface area contributed by atoms with Gasteiger partial charge in [-0.05, 0) is 6.92 Å². The lowest BCUT2D eigenvalue weighted by atomic mass is 10.3. The van der Waals surface area contributed by atoms with Crippen LogP contribution in [-0.2, 0) is 14.3 Å². The molecule has 1 aromatic heterocycles. The number of nitrogens with zero attached hydrogens (tertiary/aromatic N) is 3. The number of methoxy groups -OCH3 is 2. The van der Waals surface area contributed by atoms with Crippen LogP contribution in [0.1, 0.15) is 13.3 Å². The number of ether oxygens (including phenoxy) is 3. The van der Waals surface area contributed by atoms with E-state index in [1.54, 1.807) is 13.2 Å². The molecule has 0 aliphatic rings. The second kappa shape index (κ2) is 9.08. The van der Waals surface area contributed by atoms with Crippen molar-refractivity contribution in [3.8, 4) is 5.88 Å². The molecule has 0 atom stereocenters. The average Bonchev–Trinajstić information content (AvgIpc) is 2.47. The fourth-order valence-electron chi connectivity index (χ4n) is 1.60. The molecule has 1 aromatic rings. The van der Waals surface area contributed by atoms with Crippen LogP contribution in [0.25, 0.3) is 0 Å². The zero-order valence-corrected chi connectivity index (χ0v) is 12.2. The van der Waals surface area contributed by atoms with Gasteiger partial charge in [0.1, 0.15) is 12.1 Å². The fraction of sp³-hybridized carbons (Fsp3) is 0.615. The van der Waals surface area contributed by atoms with Crippen molar-refractivity contribution in [3.05, 3.63) is 12.4 Å². The summed E-state index contributed by atoms with van der Waals surface area (Å²) < 4.78 is 15.1. The van der Waals surface area contributed by atoms with Crippen LogP contribution in [-0.4, -0.2) is 56.5 Å². The maximum atomic E-state index is 11.3. The number of aromatic nitrogens is 2. The zero-order chi connectivity index (χ0) is 14.8. The van der Waals surface area contributed by atoms with Gasteiger partial charge in [0.2, 0.25) is 5.88 Å². The van der Waals surface area contributed by atoms with Gasteiger partial charge in [-0.2, -0.15) is 0 Å². The van der Waals surface area contributed by atoms with Gasteiger partial charge in [-0.1, -0.05) is 0 Å². The lowest BCUT2D eigenvalue weighted by Crippen LogP contribution is -2.30. The van der Waals surface area contributed by atoms with Gasteiger partial charge >= 0.3 is 5.97 Å². The summed E-state index contributed by atoms with van der Waals surface area (Å²) in [4.78, 5) is 21.4. The number of hydrogen-bond donors (Lipinski definition) is 0. The van der Waals surface area contributed by atoms with Crippen molar-refractivity contribution in [1.82, 2.24) is 9.97 Å². The smallest absolute Gasteiger partial charge is 0.307 e. The molecule has 112 valence electrons. The third kappa shape index (κ3) is 5.40. The standard InChI is InChI=1S/C13H21N3O4/c1-4-20-12-9-11(14-10-15-12)16(7-8-18-2)6-5-13(17)19-3/h9-10H,4-8H2,1-3H3. The molecule has 0 N–H and O–H groups in total. The Labute approximate surface area is 118 Å². The molecule has 20 heavy (non-hydrogen) atoms. The summed E-state index contributed by atoms with van der Waals surface area (Å²) >= 11 is 0. The quantitative estimate of drug-likeness (QED) is 0.623. The Hall–Kier alpha value is -1.89. The summed E-state index contributed by atoms with van der Waals surface area (Å²) in [7, 11) is 3.00. The van der Waals surface area contributed by atoms with Crippen molar-refractivity contribution in [2.75, 3.05) is 45.4 Å². The average molecular weight is 283 g/mol. The van der Waals surface area contributed by atoms with Crippen LogP contribution < -0.4 is 9.64 Å². The fourth-order valence-corrected chi connectivity index (χ4v) is 1.60. The van der Waals surface area contributed by atoms with Gasteiger partial charge in [0.15, 0.2) is 0 Å². The summed E-state index contributed by atoms with van der Waals surface area (Å²) in [5, 5.41) is 0. The first kappa shape index (κ1) is 16.2. The van der Waals surface area contributed by atoms with E-state index < -0.39 is 0 Å². The second-order valence-electron chi connectivity index (χ2n) is 3.95. The lowest BCUT2D eigenvalue weighted by molar-refractivity contribution is -0.140. The predicted octanol–water partition coefficient (Wildman–Crippen LogP) is 0.891. The van der Waals surface area contributed by atoms with E-state index in [9.17, 15) is 4.79 Å².